The van der Waals surface area contributed by atoms with E-state index in [2.05, 4.69) is 21.2 Å². The van der Waals surface area contributed by atoms with Crippen LogP contribution in [-0.2, 0) is 22.6 Å². The first-order valence-corrected chi connectivity index (χ1v) is 13.3. The molecule has 0 fully saturated rings. The molecule has 3 aromatic rings. The number of nitrogens with zero attached hydrogens (tertiary/aromatic N) is 1. The standard InChI is InChI=1S/C29H32BrClN2O4/c1-4-20(2)32-29(35)26(16-21-9-6-5-7-10-21)33(18-22-11-8-12-24(15-22)36-3)28(34)19-37-27-14-13-23(30)17-25(27)31/h5-15,17,20,26H,4,16,18-19H2,1-3H3,(H,32,35)/t20-,26-/m0/s1. The van der Waals surface area contributed by atoms with Crippen LogP contribution in [0.1, 0.15) is 31.4 Å². The molecule has 6 nitrogen and oxygen atoms in total. The maximum Gasteiger partial charge on any atom is 0.261 e. The van der Waals surface area contributed by atoms with Gasteiger partial charge in [-0.25, -0.2) is 0 Å². The van der Waals surface area contributed by atoms with Gasteiger partial charge in [-0.1, -0.05) is 76.9 Å². The molecule has 0 bridgehead atoms. The summed E-state index contributed by atoms with van der Waals surface area (Å²) >= 11 is 9.66. The van der Waals surface area contributed by atoms with Gasteiger partial charge in [-0.15, -0.1) is 0 Å². The quantitative estimate of drug-likeness (QED) is 0.280. The summed E-state index contributed by atoms with van der Waals surface area (Å²) < 4.78 is 12.0. The van der Waals surface area contributed by atoms with Gasteiger partial charge in [-0.2, -0.15) is 0 Å². The molecule has 0 aliphatic rings. The number of ether oxygens (including phenoxy) is 2. The zero-order valence-electron chi connectivity index (χ0n) is 21.2. The van der Waals surface area contributed by atoms with Crippen LogP contribution in [0.25, 0.3) is 0 Å². The van der Waals surface area contributed by atoms with E-state index in [1.165, 1.54) is 0 Å². The molecule has 0 aromatic heterocycles. The fourth-order valence-corrected chi connectivity index (χ4v) is 4.51. The van der Waals surface area contributed by atoms with Crippen molar-refractivity contribution in [2.45, 2.75) is 45.3 Å². The van der Waals surface area contributed by atoms with Gasteiger partial charge in [0.05, 0.1) is 12.1 Å². The van der Waals surface area contributed by atoms with Gasteiger partial charge < -0.3 is 19.7 Å². The lowest BCUT2D eigenvalue weighted by Crippen LogP contribution is -2.53. The van der Waals surface area contributed by atoms with Gasteiger partial charge in [0.25, 0.3) is 5.91 Å². The van der Waals surface area contributed by atoms with Crippen molar-refractivity contribution in [2.24, 2.45) is 0 Å². The second-order valence-corrected chi connectivity index (χ2v) is 10.1. The number of halogens is 2. The lowest BCUT2D eigenvalue weighted by Gasteiger charge is -2.32. The molecule has 2 atom stereocenters. The molecule has 0 saturated heterocycles. The smallest absolute Gasteiger partial charge is 0.261 e. The van der Waals surface area contributed by atoms with Gasteiger partial charge >= 0.3 is 0 Å². The van der Waals surface area contributed by atoms with Gasteiger partial charge in [0, 0.05) is 23.5 Å². The average molecular weight is 588 g/mol. The summed E-state index contributed by atoms with van der Waals surface area (Å²) in [6.07, 6.45) is 1.14. The molecule has 3 aromatic carbocycles. The minimum Gasteiger partial charge on any atom is -0.497 e. The number of benzene rings is 3. The van der Waals surface area contributed by atoms with Crippen LogP contribution in [0.15, 0.2) is 77.3 Å². The Hall–Kier alpha value is -3.03. The highest BCUT2D eigenvalue weighted by Crippen LogP contribution is 2.28. The van der Waals surface area contributed by atoms with Crippen molar-refractivity contribution in [2.75, 3.05) is 13.7 Å². The van der Waals surface area contributed by atoms with Gasteiger partial charge in [0.15, 0.2) is 6.61 Å². The van der Waals surface area contributed by atoms with Crippen LogP contribution >= 0.6 is 27.5 Å². The fraction of sp³-hybridized carbons (Fsp3) is 0.310. The Kier molecular flexibility index (Phi) is 10.8. The molecule has 0 saturated carbocycles. The monoisotopic (exact) mass is 586 g/mol. The molecule has 1 N–H and O–H groups in total. The van der Waals surface area contributed by atoms with Crippen LogP contribution in [0.4, 0.5) is 0 Å². The van der Waals surface area contributed by atoms with Crippen molar-refractivity contribution >= 4 is 39.3 Å². The molecule has 0 aliphatic carbocycles. The first-order chi connectivity index (χ1) is 17.8. The third-order valence-corrected chi connectivity index (χ3v) is 6.79. The van der Waals surface area contributed by atoms with Crippen LogP contribution < -0.4 is 14.8 Å². The number of carbonyl (C=O) groups excluding carboxylic acids is 2. The lowest BCUT2D eigenvalue weighted by molar-refractivity contribution is -0.143. The van der Waals surface area contributed by atoms with E-state index in [1.807, 2.05) is 68.4 Å². The largest absolute Gasteiger partial charge is 0.497 e. The van der Waals surface area contributed by atoms with E-state index in [-0.39, 0.29) is 31.0 Å². The Labute approximate surface area is 232 Å². The summed E-state index contributed by atoms with van der Waals surface area (Å²) in [7, 11) is 1.59. The highest BCUT2D eigenvalue weighted by molar-refractivity contribution is 9.10. The molecule has 37 heavy (non-hydrogen) atoms. The Morgan fingerprint density at radius 1 is 1.03 bits per heavy atom. The molecular weight excluding hydrogens is 556 g/mol. The summed E-state index contributed by atoms with van der Waals surface area (Å²) in [4.78, 5) is 28.8. The van der Waals surface area contributed by atoms with E-state index in [4.69, 9.17) is 21.1 Å². The second-order valence-electron chi connectivity index (χ2n) is 8.76. The van der Waals surface area contributed by atoms with Crippen molar-refractivity contribution in [1.29, 1.82) is 0 Å². The predicted molar refractivity (Wildman–Crippen MR) is 150 cm³/mol. The Morgan fingerprint density at radius 3 is 2.43 bits per heavy atom. The molecule has 8 heteroatoms. The van der Waals surface area contributed by atoms with Crippen molar-refractivity contribution in [1.82, 2.24) is 10.2 Å². The number of rotatable bonds is 12. The number of hydrogen-bond acceptors (Lipinski definition) is 4. The van der Waals surface area contributed by atoms with E-state index < -0.39 is 6.04 Å². The zero-order valence-corrected chi connectivity index (χ0v) is 23.6. The normalized spacial score (nSPS) is 12.4. The molecular formula is C29H32BrClN2O4. The van der Waals surface area contributed by atoms with Crippen molar-refractivity contribution in [3.05, 3.63) is 93.4 Å². The highest BCUT2D eigenvalue weighted by atomic mass is 79.9. The molecule has 0 heterocycles. The zero-order chi connectivity index (χ0) is 26.8. The van der Waals surface area contributed by atoms with Crippen LogP contribution in [0.5, 0.6) is 11.5 Å². The maximum absolute atomic E-state index is 13.7. The maximum atomic E-state index is 13.7. The van der Waals surface area contributed by atoms with Crippen molar-refractivity contribution < 1.29 is 19.1 Å². The predicted octanol–water partition coefficient (Wildman–Crippen LogP) is 6.04. The number of nitrogens with one attached hydrogen (secondary N) is 1. The molecule has 0 spiro atoms. The number of amides is 2. The van der Waals surface area contributed by atoms with Crippen LogP contribution in [-0.4, -0.2) is 42.5 Å². The summed E-state index contributed by atoms with van der Waals surface area (Å²) in [5.41, 5.74) is 1.79. The molecule has 0 radical (unpaired) electrons. The molecule has 0 unspecified atom stereocenters. The van der Waals surface area contributed by atoms with Crippen LogP contribution in [0.2, 0.25) is 5.02 Å². The van der Waals surface area contributed by atoms with E-state index in [9.17, 15) is 9.59 Å². The summed E-state index contributed by atoms with van der Waals surface area (Å²) in [6.45, 7) is 3.89. The number of carbonyl (C=O) groups is 2. The third-order valence-electron chi connectivity index (χ3n) is 6.00. The van der Waals surface area contributed by atoms with Gasteiger partial charge in [-0.3, -0.25) is 9.59 Å². The summed E-state index contributed by atoms with van der Waals surface area (Å²) in [6, 6.07) is 21.5. The lowest BCUT2D eigenvalue weighted by atomic mass is 10.0. The Bertz CT molecular complexity index is 1190. The van der Waals surface area contributed by atoms with Crippen LogP contribution in [0.3, 0.4) is 0 Å². The summed E-state index contributed by atoms with van der Waals surface area (Å²) in [5, 5.41) is 3.44. The third kappa shape index (κ3) is 8.51. The topological polar surface area (TPSA) is 67.9 Å². The minimum atomic E-state index is -0.751. The highest BCUT2D eigenvalue weighted by Gasteiger charge is 2.31. The van der Waals surface area contributed by atoms with E-state index in [0.717, 1.165) is 22.0 Å². The van der Waals surface area contributed by atoms with E-state index in [0.29, 0.717) is 22.9 Å². The number of methoxy groups -OCH3 is 1. The van der Waals surface area contributed by atoms with Gasteiger partial charge in [0.2, 0.25) is 5.91 Å². The Morgan fingerprint density at radius 2 is 1.76 bits per heavy atom. The molecule has 2 amide bonds. The van der Waals surface area contributed by atoms with Crippen molar-refractivity contribution in [3.63, 3.8) is 0 Å². The Balaban J connectivity index is 1.94. The van der Waals surface area contributed by atoms with Crippen LogP contribution in [0, 0.1) is 0 Å². The molecule has 0 aliphatic heterocycles. The fourth-order valence-electron chi connectivity index (χ4n) is 3.78. The van der Waals surface area contributed by atoms with Crippen molar-refractivity contribution in [3.8, 4) is 11.5 Å². The van der Waals surface area contributed by atoms with E-state index >= 15 is 0 Å². The summed E-state index contributed by atoms with van der Waals surface area (Å²) in [5.74, 6) is 0.521. The number of hydrogen-bond donors (Lipinski definition) is 1. The first-order valence-electron chi connectivity index (χ1n) is 12.1. The molecule has 196 valence electrons. The van der Waals surface area contributed by atoms with Gasteiger partial charge in [0.1, 0.15) is 17.5 Å². The first kappa shape index (κ1) is 28.5. The SMILES string of the molecule is CC[C@H](C)NC(=O)[C@H](Cc1ccccc1)N(Cc1cccc(OC)c1)C(=O)COc1ccc(Br)cc1Cl. The average Bonchev–Trinajstić information content (AvgIpc) is 2.90. The minimum absolute atomic E-state index is 0.0302. The van der Waals surface area contributed by atoms with E-state index in [1.54, 1.807) is 30.2 Å². The van der Waals surface area contributed by atoms with Gasteiger partial charge in [-0.05, 0) is 54.8 Å². The molecule has 3 rings (SSSR count). The second kappa shape index (κ2) is 14.1.